The highest BCUT2D eigenvalue weighted by atomic mass is 32.2. The van der Waals surface area contributed by atoms with Crippen molar-refractivity contribution in [1.82, 2.24) is 5.32 Å². The molecule has 1 aliphatic rings. The van der Waals surface area contributed by atoms with Gasteiger partial charge in [0.05, 0.1) is 11.0 Å². The SMILES string of the molecule is CC1(C)S/C(=N/N=C/c2ccccc2)NC1=O. The number of amides is 1. The molecule has 0 radical (unpaired) electrons. The van der Waals surface area contributed by atoms with E-state index in [-0.39, 0.29) is 5.91 Å². The highest BCUT2D eigenvalue weighted by Crippen LogP contribution is 2.30. The Balaban J connectivity index is 2.04. The smallest absolute Gasteiger partial charge is 0.242 e. The summed E-state index contributed by atoms with van der Waals surface area (Å²) in [6.07, 6.45) is 1.66. The van der Waals surface area contributed by atoms with E-state index in [1.165, 1.54) is 11.8 Å². The van der Waals surface area contributed by atoms with Gasteiger partial charge in [0.2, 0.25) is 5.91 Å². The zero-order valence-corrected chi connectivity index (χ0v) is 10.5. The van der Waals surface area contributed by atoms with Crippen molar-refractivity contribution >= 4 is 29.1 Å². The summed E-state index contributed by atoms with van der Waals surface area (Å²) in [5.74, 6) is -0.0313. The van der Waals surface area contributed by atoms with Crippen molar-refractivity contribution in [3.63, 3.8) is 0 Å². The Bertz CT molecular complexity index is 480. The van der Waals surface area contributed by atoms with Gasteiger partial charge in [-0.1, -0.05) is 42.1 Å². The van der Waals surface area contributed by atoms with Gasteiger partial charge in [0.25, 0.3) is 0 Å². The highest BCUT2D eigenvalue weighted by Gasteiger charge is 2.38. The molecule has 0 atom stereocenters. The van der Waals surface area contributed by atoms with Gasteiger partial charge in [-0.15, -0.1) is 5.10 Å². The molecule has 0 bridgehead atoms. The average molecular weight is 247 g/mol. The molecule has 88 valence electrons. The van der Waals surface area contributed by atoms with E-state index in [1.807, 2.05) is 44.2 Å². The van der Waals surface area contributed by atoms with E-state index in [2.05, 4.69) is 15.5 Å². The summed E-state index contributed by atoms with van der Waals surface area (Å²) in [6.45, 7) is 3.72. The molecule has 1 aromatic carbocycles. The number of thioether (sulfide) groups is 1. The van der Waals surface area contributed by atoms with Gasteiger partial charge in [0.15, 0.2) is 5.17 Å². The first-order chi connectivity index (χ1) is 8.08. The van der Waals surface area contributed by atoms with E-state index in [0.29, 0.717) is 5.17 Å². The first-order valence-corrected chi connectivity index (χ1v) is 6.06. The lowest BCUT2D eigenvalue weighted by Crippen LogP contribution is -2.30. The molecule has 1 saturated heterocycles. The summed E-state index contributed by atoms with van der Waals surface area (Å²) >= 11 is 1.39. The van der Waals surface area contributed by atoms with Gasteiger partial charge in [0, 0.05) is 0 Å². The summed E-state index contributed by atoms with van der Waals surface area (Å²) in [5, 5.41) is 11.2. The molecule has 1 fully saturated rings. The molecule has 4 nitrogen and oxygen atoms in total. The zero-order valence-electron chi connectivity index (χ0n) is 9.68. The van der Waals surface area contributed by atoms with E-state index in [1.54, 1.807) is 6.21 Å². The van der Waals surface area contributed by atoms with Crippen LogP contribution in [0.2, 0.25) is 0 Å². The molecule has 0 aromatic heterocycles. The minimum Gasteiger partial charge on any atom is -0.302 e. The number of hydrogen-bond donors (Lipinski definition) is 1. The third-order valence-corrected chi connectivity index (χ3v) is 3.35. The van der Waals surface area contributed by atoms with Crippen molar-refractivity contribution in [2.45, 2.75) is 18.6 Å². The third-order valence-electron chi connectivity index (χ3n) is 2.27. The molecule has 17 heavy (non-hydrogen) atoms. The lowest BCUT2D eigenvalue weighted by Gasteiger charge is -2.08. The van der Waals surface area contributed by atoms with Crippen molar-refractivity contribution in [3.8, 4) is 0 Å². The second-order valence-corrected chi connectivity index (χ2v) is 5.74. The normalized spacial score (nSPS) is 21.1. The van der Waals surface area contributed by atoms with Crippen LogP contribution in [0.5, 0.6) is 0 Å². The highest BCUT2D eigenvalue weighted by molar-refractivity contribution is 8.16. The second kappa shape index (κ2) is 4.71. The number of carbonyl (C=O) groups is 1. The zero-order chi connectivity index (χ0) is 12.3. The number of nitrogens with one attached hydrogen (secondary N) is 1. The Morgan fingerprint density at radius 1 is 1.29 bits per heavy atom. The number of rotatable bonds is 2. The quantitative estimate of drug-likeness (QED) is 0.642. The van der Waals surface area contributed by atoms with Crippen molar-refractivity contribution in [3.05, 3.63) is 35.9 Å². The predicted octanol–water partition coefficient (Wildman–Crippen LogP) is 2.02. The van der Waals surface area contributed by atoms with E-state index in [4.69, 9.17) is 0 Å². The van der Waals surface area contributed by atoms with Gasteiger partial charge in [-0.2, -0.15) is 5.10 Å². The molecule has 2 rings (SSSR count). The molecule has 0 unspecified atom stereocenters. The molecule has 0 saturated carbocycles. The van der Waals surface area contributed by atoms with Crippen molar-refractivity contribution in [2.75, 3.05) is 0 Å². The largest absolute Gasteiger partial charge is 0.302 e. The van der Waals surface area contributed by atoms with Crippen LogP contribution in [0.15, 0.2) is 40.5 Å². The lowest BCUT2D eigenvalue weighted by molar-refractivity contribution is -0.120. The molecule has 1 heterocycles. The summed E-state index contributed by atoms with van der Waals surface area (Å²) in [7, 11) is 0. The number of benzene rings is 1. The van der Waals surface area contributed by atoms with Crippen LogP contribution < -0.4 is 5.32 Å². The molecular formula is C12H13N3OS. The number of hydrogen-bond acceptors (Lipinski definition) is 4. The fourth-order valence-corrected chi connectivity index (χ4v) is 2.15. The first-order valence-electron chi connectivity index (χ1n) is 5.24. The van der Waals surface area contributed by atoms with Crippen molar-refractivity contribution in [1.29, 1.82) is 0 Å². The van der Waals surface area contributed by atoms with Crippen LogP contribution in [-0.2, 0) is 4.79 Å². The topological polar surface area (TPSA) is 53.8 Å². The van der Waals surface area contributed by atoms with E-state index in [9.17, 15) is 4.79 Å². The second-order valence-electron chi connectivity index (χ2n) is 4.13. The fourth-order valence-electron chi connectivity index (χ4n) is 1.29. The van der Waals surface area contributed by atoms with Gasteiger partial charge in [-0.3, -0.25) is 4.79 Å². The summed E-state index contributed by atoms with van der Waals surface area (Å²) in [4.78, 5) is 11.5. The van der Waals surface area contributed by atoms with Gasteiger partial charge in [-0.05, 0) is 19.4 Å². The Morgan fingerprint density at radius 2 is 2.00 bits per heavy atom. The molecule has 0 spiro atoms. The van der Waals surface area contributed by atoms with Crippen LogP contribution in [0.4, 0.5) is 0 Å². The summed E-state index contributed by atoms with van der Waals surface area (Å²) < 4.78 is -0.457. The lowest BCUT2D eigenvalue weighted by atomic mass is 10.2. The molecule has 1 amide bonds. The van der Waals surface area contributed by atoms with Crippen LogP contribution >= 0.6 is 11.8 Å². The van der Waals surface area contributed by atoms with Crippen LogP contribution in [0.1, 0.15) is 19.4 Å². The predicted molar refractivity (Wildman–Crippen MR) is 71.3 cm³/mol. The maximum atomic E-state index is 11.5. The van der Waals surface area contributed by atoms with Crippen LogP contribution in [0, 0.1) is 0 Å². The maximum absolute atomic E-state index is 11.5. The minimum atomic E-state index is -0.457. The monoisotopic (exact) mass is 247 g/mol. The van der Waals surface area contributed by atoms with Crippen molar-refractivity contribution < 1.29 is 4.79 Å². The molecule has 1 aromatic rings. The molecule has 5 heteroatoms. The fraction of sp³-hybridized carbons (Fsp3) is 0.250. The molecule has 1 aliphatic heterocycles. The Labute approximate surface area is 104 Å². The Hall–Kier alpha value is -1.62. The van der Waals surface area contributed by atoms with E-state index < -0.39 is 4.75 Å². The maximum Gasteiger partial charge on any atom is 0.242 e. The average Bonchev–Trinajstić information content (AvgIpc) is 2.54. The molecule has 1 N–H and O–H groups in total. The molecule has 0 aliphatic carbocycles. The Morgan fingerprint density at radius 3 is 2.59 bits per heavy atom. The number of carbonyl (C=O) groups excluding carboxylic acids is 1. The Kier molecular flexibility index (Phi) is 3.28. The summed E-state index contributed by atoms with van der Waals surface area (Å²) in [5.41, 5.74) is 0.977. The van der Waals surface area contributed by atoms with Gasteiger partial charge < -0.3 is 5.32 Å². The van der Waals surface area contributed by atoms with E-state index >= 15 is 0 Å². The standard InChI is InChI=1S/C12H13N3OS/c1-12(2)10(16)14-11(17-12)15-13-8-9-6-4-3-5-7-9/h3-8H,1-2H3,(H,14,15,16)/b13-8+. The van der Waals surface area contributed by atoms with Gasteiger partial charge in [0.1, 0.15) is 0 Å². The minimum absolute atomic E-state index is 0.0313. The van der Waals surface area contributed by atoms with E-state index in [0.717, 1.165) is 5.56 Å². The number of amidine groups is 1. The first kappa shape index (κ1) is 11.9. The summed E-state index contributed by atoms with van der Waals surface area (Å²) in [6, 6.07) is 9.69. The third kappa shape index (κ3) is 2.94. The molecular weight excluding hydrogens is 234 g/mol. The van der Waals surface area contributed by atoms with Crippen molar-refractivity contribution in [2.24, 2.45) is 10.2 Å². The number of nitrogens with zero attached hydrogens (tertiary/aromatic N) is 2. The van der Waals surface area contributed by atoms with Gasteiger partial charge >= 0.3 is 0 Å². The van der Waals surface area contributed by atoms with Crippen LogP contribution in [-0.4, -0.2) is 22.0 Å². The van der Waals surface area contributed by atoms with Gasteiger partial charge in [-0.25, -0.2) is 0 Å². The van der Waals surface area contributed by atoms with Crippen LogP contribution in [0.25, 0.3) is 0 Å². The van der Waals surface area contributed by atoms with Crippen LogP contribution in [0.3, 0.4) is 0 Å².